The molecule has 18 heavy (non-hydrogen) atoms. The molecule has 0 aliphatic carbocycles. The summed E-state index contributed by atoms with van der Waals surface area (Å²) in [4.78, 5) is 22.3. The van der Waals surface area contributed by atoms with Crippen LogP contribution in [0.15, 0.2) is 26.3 Å². The molecule has 1 saturated heterocycles. The molecule has 0 aromatic carbocycles. The second-order valence-corrected chi connectivity index (χ2v) is 4.44. The van der Waals surface area contributed by atoms with Crippen molar-refractivity contribution in [2.45, 2.75) is 44.4 Å². The zero-order valence-electron chi connectivity index (χ0n) is 10.00. The number of nitrogens with zero attached hydrogens (tertiary/aromatic N) is 1. The number of hydrogen-bond donors (Lipinski definition) is 1. The first-order valence-corrected chi connectivity index (χ1v) is 5.62. The van der Waals surface area contributed by atoms with Gasteiger partial charge in [0, 0.05) is 12.3 Å². The summed E-state index contributed by atoms with van der Waals surface area (Å²) in [5.74, 6) is -1.01. The van der Waals surface area contributed by atoms with Gasteiger partial charge in [0.1, 0.15) is 6.10 Å². The maximum Gasteiger partial charge on any atom is 0.424 e. The topological polar surface area (TPSA) is 81.7 Å². The van der Waals surface area contributed by atoms with Gasteiger partial charge in [0.2, 0.25) is 0 Å². The minimum atomic E-state index is -2.13. The molecule has 2 rings (SSSR count). The Morgan fingerprint density at radius 1 is 1.56 bits per heavy atom. The van der Waals surface area contributed by atoms with Crippen LogP contribution in [0.1, 0.15) is 26.5 Å². The third-order valence-corrected chi connectivity index (χ3v) is 3.14. The van der Waals surface area contributed by atoms with E-state index in [2.05, 4.69) is 4.42 Å². The molecule has 6 nitrogen and oxygen atoms in total. The summed E-state index contributed by atoms with van der Waals surface area (Å²) in [5.41, 5.74) is -2.95. The van der Waals surface area contributed by atoms with Gasteiger partial charge in [-0.25, -0.2) is 14.0 Å². The van der Waals surface area contributed by atoms with Crippen LogP contribution in [0.2, 0.25) is 0 Å². The fraction of sp³-hybridized carbons (Fsp3) is 0.636. The average molecular weight is 259 g/mol. The van der Waals surface area contributed by atoms with Crippen molar-refractivity contribution in [1.29, 1.82) is 0 Å². The average Bonchev–Trinajstić information content (AvgIpc) is 2.52. The highest BCUT2D eigenvalue weighted by atomic mass is 19.1. The molecule has 0 saturated carbocycles. The normalized spacial score (nSPS) is 35.9. The van der Waals surface area contributed by atoms with Gasteiger partial charge >= 0.3 is 11.4 Å². The van der Waals surface area contributed by atoms with Crippen LogP contribution in [0.25, 0.3) is 0 Å². The van der Waals surface area contributed by atoms with Crippen LogP contribution in [0.5, 0.6) is 0 Å². The zero-order chi connectivity index (χ0) is 13.5. The largest absolute Gasteiger partial charge is 0.424 e. The van der Waals surface area contributed by atoms with Crippen molar-refractivity contribution in [3.05, 3.63) is 33.2 Å². The van der Waals surface area contributed by atoms with Crippen molar-refractivity contribution in [3.8, 4) is 0 Å². The molecule has 1 N–H and O–H groups in total. The molecule has 1 aliphatic heterocycles. The lowest BCUT2D eigenvalue weighted by atomic mass is 9.97. The molecule has 1 fully saturated rings. The Morgan fingerprint density at radius 2 is 2.22 bits per heavy atom. The molecular formula is C11H14FNO5. The van der Waals surface area contributed by atoms with E-state index in [1.807, 2.05) is 0 Å². The first-order chi connectivity index (χ1) is 8.37. The number of halogens is 1. The van der Waals surface area contributed by atoms with Crippen LogP contribution in [0, 0.1) is 0 Å². The molecule has 0 radical (unpaired) electrons. The number of hydrogen-bond acceptors (Lipinski definition) is 5. The van der Waals surface area contributed by atoms with E-state index < -0.39 is 35.5 Å². The van der Waals surface area contributed by atoms with Gasteiger partial charge in [-0.2, -0.15) is 0 Å². The summed E-state index contributed by atoms with van der Waals surface area (Å²) in [5, 5.41) is 9.79. The van der Waals surface area contributed by atoms with Gasteiger partial charge in [0.25, 0.3) is 0 Å². The van der Waals surface area contributed by atoms with Gasteiger partial charge in [-0.15, -0.1) is 0 Å². The van der Waals surface area contributed by atoms with E-state index in [1.165, 1.54) is 0 Å². The molecular weight excluding hydrogens is 245 g/mol. The Bertz CT molecular complexity index is 549. The summed E-state index contributed by atoms with van der Waals surface area (Å²) < 4.78 is 24.9. The Hall–Kier alpha value is -1.47. The summed E-state index contributed by atoms with van der Waals surface area (Å²) in [6, 6.07) is 0.993. The maximum absolute atomic E-state index is 14.4. The maximum atomic E-state index is 14.4. The molecule has 0 bridgehead atoms. The molecule has 4 atom stereocenters. The second kappa shape index (κ2) is 4.33. The quantitative estimate of drug-likeness (QED) is 0.820. The summed E-state index contributed by atoms with van der Waals surface area (Å²) in [6.07, 6.45) is -1.85. The monoisotopic (exact) mass is 259 g/mol. The van der Waals surface area contributed by atoms with Crippen molar-refractivity contribution in [2.75, 3.05) is 0 Å². The minimum Gasteiger partial charge on any atom is -0.387 e. The van der Waals surface area contributed by atoms with Crippen molar-refractivity contribution in [1.82, 2.24) is 4.57 Å². The Labute approximate surface area is 102 Å². The fourth-order valence-corrected chi connectivity index (χ4v) is 2.09. The number of ether oxygens (including phenoxy) is 1. The number of aliphatic hydroxyl groups excluding tert-OH is 1. The molecule has 0 spiro atoms. The van der Waals surface area contributed by atoms with Crippen LogP contribution >= 0.6 is 0 Å². The highest BCUT2D eigenvalue weighted by Crippen LogP contribution is 2.41. The standard InChI is InChI=1S/C11H14FNO5/c1-3-6-8(15)11(2,12)9(17-6)13-5-4-7(14)18-10(13)16/h4-6,8-9,15H,3H2,1-2H3/t6-,8-,9-,11-/m1/s1. The van der Waals surface area contributed by atoms with Crippen LogP contribution in [-0.4, -0.2) is 27.6 Å². The van der Waals surface area contributed by atoms with Crippen LogP contribution in [-0.2, 0) is 4.74 Å². The van der Waals surface area contributed by atoms with E-state index in [-0.39, 0.29) is 0 Å². The summed E-state index contributed by atoms with van der Waals surface area (Å²) in [7, 11) is 0. The second-order valence-electron chi connectivity index (χ2n) is 4.44. The van der Waals surface area contributed by atoms with Crippen LogP contribution < -0.4 is 11.4 Å². The van der Waals surface area contributed by atoms with Crippen molar-refractivity contribution < 1.29 is 18.7 Å². The van der Waals surface area contributed by atoms with E-state index in [9.17, 15) is 19.1 Å². The first kappa shape index (κ1) is 13.0. The molecule has 0 amide bonds. The lowest BCUT2D eigenvalue weighted by Gasteiger charge is -2.24. The SMILES string of the molecule is CC[C@H]1O[C@@H](n2ccc(=O)oc2=O)[C@](C)(F)[C@@H]1O. The van der Waals surface area contributed by atoms with E-state index >= 15 is 0 Å². The van der Waals surface area contributed by atoms with Gasteiger partial charge < -0.3 is 14.3 Å². The molecule has 7 heteroatoms. The van der Waals surface area contributed by atoms with E-state index in [1.54, 1.807) is 6.92 Å². The Morgan fingerprint density at radius 3 is 2.72 bits per heavy atom. The predicted octanol–water partition coefficient (Wildman–Crippen LogP) is 0.198. The summed E-state index contributed by atoms with van der Waals surface area (Å²) in [6.45, 7) is 2.88. The highest BCUT2D eigenvalue weighted by Gasteiger charge is 2.54. The molecule has 1 aliphatic rings. The third kappa shape index (κ3) is 1.89. The minimum absolute atomic E-state index is 0.405. The Balaban J connectivity index is 2.45. The molecule has 1 aromatic rings. The van der Waals surface area contributed by atoms with Gasteiger partial charge in [0.15, 0.2) is 11.9 Å². The van der Waals surface area contributed by atoms with Crippen molar-refractivity contribution >= 4 is 0 Å². The highest BCUT2D eigenvalue weighted by molar-refractivity contribution is 5.00. The van der Waals surface area contributed by atoms with E-state index in [0.717, 1.165) is 23.8 Å². The lowest BCUT2D eigenvalue weighted by molar-refractivity contribution is -0.0545. The van der Waals surface area contributed by atoms with Gasteiger partial charge in [-0.1, -0.05) is 6.92 Å². The molecule has 100 valence electrons. The van der Waals surface area contributed by atoms with E-state index in [4.69, 9.17) is 4.74 Å². The molecule has 0 unspecified atom stereocenters. The number of aromatic nitrogens is 1. The number of rotatable bonds is 2. The first-order valence-electron chi connectivity index (χ1n) is 5.62. The Kier molecular flexibility index (Phi) is 3.12. The van der Waals surface area contributed by atoms with Gasteiger partial charge in [-0.3, -0.25) is 4.57 Å². The number of aliphatic hydroxyl groups is 1. The van der Waals surface area contributed by atoms with Crippen molar-refractivity contribution in [2.24, 2.45) is 0 Å². The van der Waals surface area contributed by atoms with Crippen LogP contribution in [0.3, 0.4) is 0 Å². The van der Waals surface area contributed by atoms with Crippen LogP contribution in [0.4, 0.5) is 4.39 Å². The molecule has 1 aromatic heterocycles. The zero-order valence-corrected chi connectivity index (χ0v) is 10.00. The third-order valence-electron chi connectivity index (χ3n) is 3.14. The molecule has 2 heterocycles. The summed E-state index contributed by atoms with van der Waals surface area (Å²) >= 11 is 0. The number of alkyl halides is 1. The lowest BCUT2D eigenvalue weighted by Crippen LogP contribution is -2.42. The smallest absolute Gasteiger partial charge is 0.387 e. The van der Waals surface area contributed by atoms with Gasteiger partial charge in [0.05, 0.1) is 6.10 Å². The fourth-order valence-electron chi connectivity index (χ4n) is 2.09. The van der Waals surface area contributed by atoms with Crippen molar-refractivity contribution in [3.63, 3.8) is 0 Å². The van der Waals surface area contributed by atoms with E-state index in [0.29, 0.717) is 6.42 Å². The predicted molar refractivity (Wildman–Crippen MR) is 59.0 cm³/mol. The van der Waals surface area contributed by atoms with Gasteiger partial charge in [-0.05, 0) is 13.3 Å².